The van der Waals surface area contributed by atoms with Gasteiger partial charge >= 0.3 is 5.97 Å². The lowest BCUT2D eigenvalue weighted by Crippen LogP contribution is -2.18. The predicted molar refractivity (Wildman–Crippen MR) is 59.3 cm³/mol. The summed E-state index contributed by atoms with van der Waals surface area (Å²) in [5.74, 6) is -1.46. The van der Waals surface area contributed by atoms with Crippen molar-refractivity contribution in [2.75, 3.05) is 16.4 Å². The summed E-state index contributed by atoms with van der Waals surface area (Å²) in [6, 6.07) is 1.18. The van der Waals surface area contributed by atoms with Crippen LogP contribution in [0.1, 0.15) is 10.4 Å². The molecule has 1 rings (SSSR count). The highest BCUT2D eigenvalue weighted by molar-refractivity contribution is 7.92. The number of aromatic nitrogens is 1. The molecule has 0 amide bonds. The fraction of sp³-hybridized carbons (Fsp3) is 0.250. The molecule has 0 spiro atoms. The van der Waals surface area contributed by atoms with E-state index in [-0.39, 0.29) is 22.9 Å². The second kappa shape index (κ2) is 5.13. The van der Waals surface area contributed by atoms with Gasteiger partial charge in [0.1, 0.15) is 0 Å². The van der Waals surface area contributed by atoms with Crippen LogP contribution in [0.3, 0.4) is 0 Å². The second-order valence-electron chi connectivity index (χ2n) is 2.88. The van der Waals surface area contributed by atoms with Crippen molar-refractivity contribution in [3.05, 3.63) is 24.0 Å². The fourth-order valence-corrected chi connectivity index (χ4v) is 2.33. The number of sulfonamides is 1. The Labute approximate surface area is 97.3 Å². The highest BCUT2D eigenvalue weighted by atomic mass is 35.5. The number of nitrogens with one attached hydrogen (secondary N) is 1. The number of pyridine rings is 1. The van der Waals surface area contributed by atoms with Gasteiger partial charge in [-0.25, -0.2) is 13.2 Å². The molecule has 0 unspecified atom stereocenters. The molecule has 8 heteroatoms. The molecule has 1 aromatic heterocycles. The van der Waals surface area contributed by atoms with Crippen molar-refractivity contribution in [3.63, 3.8) is 0 Å². The molecule has 16 heavy (non-hydrogen) atoms. The summed E-state index contributed by atoms with van der Waals surface area (Å²) in [6.07, 6.45) is 2.35. The zero-order chi connectivity index (χ0) is 12.2. The minimum Gasteiger partial charge on any atom is -0.478 e. The zero-order valence-corrected chi connectivity index (χ0v) is 9.62. The van der Waals surface area contributed by atoms with E-state index in [0.29, 0.717) is 0 Å². The summed E-state index contributed by atoms with van der Waals surface area (Å²) in [6.45, 7) is 0. The summed E-state index contributed by atoms with van der Waals surface area (Å²) in [7, 11) is -3.54. The Bertz CT molecular complexity index is 489. The van der Waals surface area contributed by atoms with Gasteiger partial charge in [0.05, 0.1) is 23.2 Å². The van der Waals surface area contributed by atoms with Crippen LogP contribution in [0.5, 0.6) is 0 Å². The van der Waals surface area contributed by atoms with Crippen molar-refractivity contribution in [1.29, 1.82) is 0 Å². The van der Waals surface area contributed by atoms with E-state index in [1.165, 1.54) is 12.3 Å². The maximum Gasteiger partial charge on any atom is 0.337 e. The van der Waals surface area contributed by atoms with Gasteiger partial charge in [-0.1, -0.05) is 0 Å². The van der Waals surface area contributed by atoms with E-state index in [1.807, 2.05) is 0 Å². The average molecular weight is 265 g/mol. The van der Waals surface area contributed by atoms with E-state index in [4.69, 9.17) is 16.7 Å². The Balaban J connectivity index is 2.90. The molecule has 0 atom stereocenters. The lowest BCUT2D eigenvalue weighted by molar-refractivity contribution is 0.0696. The maximum absolute atomic E-state index is 11.3. The van der Waals surface area contributed by atoms with E-state index in [2.05, 4.69) is 9.71 Å². The smallest absolute Gasteiger partial charge is 0.337 e. The van der Waals surface area contributed by atoms with E-state index in [1.54, 1.807) is 0 Å². The van der Waals surface area contributed by atoms with Crippen molar-refractivity contribution in [3.8, 4) is 0 Å². The monoisotopic (exact) mass is 264 g/mol. The number of carboxylic acids is 1. The third-order valence-electron chi connectivity index (χ3n) is 1.60. The minimum atomic E-state index is -3.54. The van der Waals surface area contributed by atoms with Crippen LogP contribution < -0.4 is 4.72 Å². The quantitative estimate of drug-likeness (QED) is 0.766. The molecule has 0 fully saturated rings. The number of rotatable bonds is 5. The molecule has 1 heterocycles. The second-order valence-corrected chi connectivity index (χ2v) is 5.10. The molecule has 0 saturated heterocycles. The number of hydrogen-bond acceptors (Lipinski definition) is 4. The van der Waals surface area contributed by atoms with E-state index in [9.17, 15) is 13.2 Å². The summed E-state index contributed by atoms with van der Waals surface area (Å²) in [4.78, 5) is 14.2. The van der Waals surface area contributed by atoms with Crippen LogP contribution in [0, 0.1) is 0 Å². The van der Waals surface area contributed by atoms with Gasteiger partial charge < -0.3 is 5.11 Å². The molecule has 0 aliphatic rings. The normalized spacial score (nSPS) is 11.1. The summed E-state index contributed by atoms with van der Waals surface area (Å²) >= 11 is 5.31. The molecule has 0 aliphatic heterocycles. The summed E-state index contributed by atoms with van der Waals surface area (Å²) in [5.41, 5.74) is 0.0103. The molecule has 0 bridgehead atoms. The first kappa shape index (κ1) is 12.7. The van der Waals surface area contributed by atoms with Crippen LogP contribution >= 0.6 is 11.6 Å². The molecule has 0 saturated carbocycles. The number of alkyl halides is 1. The molecule has 0 aromatic carbocycles. The molecular weight excluding hydrogens is 256 g/mol. The lowest BCUT2D eigenvalue weighted by Gasteiger charge is -2.06. The van der Waals surface area contributed by atoms with Gasteiger partial charge in [-0.2, -0.15) is 0 Å². The van der Waals surface area contributed by atoms with Crippen LogP contribution in [0.25, 0.3) is 0 Å². The topological polar surface area (TPSA) is 96.4 Å². The lowest BCUT2D eigenvalue weighted by atomic mass is 10.3. The molecule has 0 aliphatic carbocycles. The van der Waals surface area contributed by atoms with Gasteiger partial charge in [0.2, 0.25) is 10.0 Å². The van der Waals surface area contributed by atoms with Gasteiger partial charge in [-0.15, -0.1) is 11.6 Å². The Morgan fingerprint density at radius 3 is 2.75 bits per heavy atom. The summed E-state index contributed by atoms with van der Waals surface area (Å²) in [5, 5.41) is 8.67. The summed E-state index contributed by atoms with van der Waals surface area (Å²) < 4.78 is 24.8. The van der Waals surface area contributed by atoms with Gasteiger partial charge in [-0.3, -0.25) is 9.71 Å². The van der Waals surface area contributed by atoms with Gasteiger partial charge in [0.25, 0.3) is 0 Å². The first-order valence-corrected chi connectivity index (χ1v) is 6.38. The Morgan fingerprint density at radius 2 is 2.19 bits per heavy atom. The van der Waals surface area contributed by atoms with Crippen LogP contribution in [0.2, 0.25) is 0 Å². The van der Waals surface area contributed by atoms with E-state index in [0.717, 1.165) is 6.20 Å². The van der Waals surface area contributed by atoms with E-state index >= 15 is 0 Å². The van der Waals surface area contributed by atoms with Crippen LogP contribution in [0.4, 0.5) is 5.69 Å². The number of carboxylic acid groups (broad SMARTS) is 1. The van der Waals surface area contributed by atoms with Crippen LogP contribution in [0.15, 0.2) is 18.5 Å². The standard InChI is InChI=1S/C8H9ClN2O4S/c9-1-2-16(14,15)11-7-3-6(8(12)13)4-10-5-7/h3-5,11H,1-2H2,(H,12,13). The number of anilines is 1. The van der Waals surface area contributed by atoms with Gasteiger partial charge in [-0.05, 0) is 6.07 Å². The number of halogens is 1. The molecule has 88 valence electrons. The fourth-order valence-electron chi connectivity index (χ4n) is 0.945. The van der Waals surface area contributed by atoms with Gasteiger partial charge in [0, 0.05) is 12.1 Å². The van der Waals surface area contributed by atoms with Crippen LogP contribution in [-0.4, -0.2) is 36.1 Å². The number of hydrogen-bond donors (Lipinski definition) is 2. The third kappa shape index (κ3) is 3.67. The van der Waals surface area contributed by atoms with Gasteiger partial charge in [0.15, 0.2) is 0 Å². The minimum absolute atomic E-state index is 0.0403. The van der Waals surface area contributed by atoms with Crippen molar-refractivity contribution >= 4 is 33.3 Å². The largest absolute Gasteiger partial charge is 0.478 e. The van der Waals surface area contributed by atoms with Crippen molar-refractivity contribution < 1.29 is 18.3 Å². The molecule has 0 radical (unpaired) electrons. The molecule has 2 N–H and O–H groups in total. The molecular formula is C8H9ClN2O4S. The number of carbonyl (C=O) groups is 1. The van der Waals surface area contributed by atoms with Crippen LogP contribution in [-0.2, 0) is 10.0 Å². The first-order chi connectivity index (χ1) is 7.44. The Kier molecular flexibility index (Phi) is 4.08. The SMILES string of the molecule is O=C(O)c1cncc(NS(=O)(=O)CCCl)c1. The first-order valence-electron chi connectivity index (χ1n) is 4.19. The van der Waals surface area contributed by atoms with Crippen molar-refractivity contribution in [2.24, 2.45) is 0 Å². The predicted octanol–water partition coefficient (Wildman–Crippen LogP) is 0.760. The highest BCUT2D eigenvalue weighted by Gasteiger charge is 2.11. The molecule has 6 nitrogen and oxygen atoms in total. The van der Waals surface area contributed by atoms with Crippen molar-refractivity contribution in [1.82, 2.24) is 4.98 Å². The number of nitrogens with zero attached hydrogens (tertiary/aromatic N) is 1. The highest BCUT2D eigenvalue weighted by Crippen LogP contribution is 2.10. The van der Waals surface area contributed by atoms with Crippen molar-refractivity contribution in [2.45, 2.75) is 0 Å². The Hall–Kier alpha value is -1.34. The number of aromatic carboxylic acids is 1. The third-order valence-corrected chi connectivity index (χ3v) is 3.31. The Morgan fingerprint density at radius 1 is 1.50 bits per heavy atom. The van der Waals surface area contributed by atoms with E-state index < -0.39 is 16.0 Å². The zero-order valence-electron chi connectivity index (χ0n) is 8.05. The maximum atomic E-state index is 11.3. The molecule has 1 aromatic rings. The average Bonchev–Trinajstić information content (AvgIpc) is 2.17.